The van der Waals surface area contributed by atoms with Crippen LogP contribution in [0.2, 0.25) is 0 Å². The van der Waals surface area contributed by atoms with Gasteiger partial charge in [-0.15, -0.1) is 11.3 Å². The maximum atomic E-state index is 13.0. The summed E-state index contributed by atoms with van der Waals surface area (Å²) >= 11 is 1.06. The summed E-state index contributed by atoms with van der Waals surface area (Å²) in [6, 6.07) is 3.05. The number of thiophene rings is 1. The average molecular weight is 298 g/mol. The minimum Gasteiger partial charge on any atom is -0.288 e. The van der Waals surface area contributed by atoms with Crippen LogP contribution in [0.15, 0.2) is 30.0 Å². The van der Waals surface area contributed by atoms with Gasteiger partial charge in [-0.25, -0.2) is 9.50 Å². The maximum Gasteiger partial charge on any atom is 0.434 e. The number of aromatic nitrogens is 4. The van der Waals surface area contributed by atoms with E-state index in [-0.39, 0.29) is 10.7 Å². The maximum absolute atomic E-state index is 13.0. The SMILES string of the molecule is O=C(c1cccs1)c1cn2ncnc2nc1C(F)(F)F. The van der Waals surface area contributed by atoms with Gasteiger partial charge in [0.15, 0.2) is 5.69 Å². The fourth-order valence-corrected chi connectivity index (χ4v) is 2.36. The number of ketones is 1. The highest BCUT2D eigenvalue weighted by Gasteiger charge is 2.38. The molecule has 0 fully saturated rings. The third-order valence-electron chi connectivity index (χ3n) is 2.53. The van der Waals surface area contributed by atoms with Crippen molar-refractivity contribution in [3.05, 3.63) is 46.2 Å². The van der Waals surface area contributed by atoms with Crippen LogP contribution in [0, 0.1) is 0 Å². The van der Waals surface area contributed by atoms with Gasteiger partial charge in [-0.05, 0) is 11.4 Å². The highest BCUT2D eigenvalue weighted by Crippen LogP contribution is 2.32. The number of carbonyl (C=O) groups excluding carboxylic acids is 1. The summed E-state index contributed by atoms with van der Waals surface area (Å²) in [6.07, 6.45) is -2.67. The molecule has 0 aliphatic heterocycles. The number of nitrogens with zero attached hydrogens (tertiary/aromatic N) is 4. The molecule has 0 saturated heterocycles. The van der Waals surface area contributed by atoms with Crippen molar-refractivity contribution in [2.75, 3.05) is 0 Å². The second kappa shape index (κ2) is 4.37. The fourth-order valence-electron chi connectivity index (χ4n) is 1.68. The summed E-state index contributed by atoms with van der Waals surface area (Å²) in [5, 5.41) is 5.31. The molecule has 0 bridgehead atoms. The number of rotatable bonds is 2. The minimum absolute atomic E-state index is 0.205. The van der Waals surface area contributed by atoms with Crippen LogP contribution >= 0.6 is 11.3 Å². The molecular formula is C11H5F3N4OS. The number of carbonyl (C=O) groups is 1. The quantitative estimate of drug-likeness (QED) is 0.682. The van der Waals surface area contributed by atoms with E-state index in [2.05, 4.69) is 15.1 Å². The topological polar surface area (TPSA) is 60.2 Å². The molecule has 0 unspecified atom stereocenters. The molecule has 0 radical (unpaired) electrons. The van der Waals surface area contributed by atoms with Crippen molar-refractivity contribution in [2.24, 2.45) is 0 Å². The first-order chi connectivity index (χ1) is 9.47. The van der Waals surface area contributed by atoms with Gasteiger partial charge >= 0.3 is 6.18 Å². The number of fused-ring (bicyclic) bond motifs is 1. The van der Waals surface area contributed by atoms with Crippen LogP contribution < -0.4 is 0 Å². The largest absolute Gasteiger partial charge is 0.434 e. The van der Waals surface area contributed by atoms with Gasteiger partial charge in [-0.3, -0.25) is 4.79 Å². The molecule has 20 heavy (non-hydrogen) atoms. The van der Waals surface area contributed by atoms with Crippen LogP contribution in [-0.2, 0) is 6.18 Å². The lowest BCUT2D eigenvalue weighted by atomic mass is 10.1. The van der Waals surface area contributed by atoms with Crippen LogP contribution in [0.1, 0.15) is 20.9 Å². The first-order valence-electron chi connectivity index (χ1n) is 5.32. The van der Waals surface area contributed by atoms with Crippen molar-refractivity contribution in [2.45, 2.75) is 6.18 Å². The first kappa shape index (κ1) is 12.7. The van der Waals surface area contributed by atoms with Crippen molar-refractivity contribution < 1.29 is 18.0 Å². The summed E-state index contributed by atoms with van der Waals surface area (Å²) in [6.45, 7) is 0. The lowest BCUT2D eigenvalue weighted by Crippen LogP contribution is -2.17. The number of hydrogen-bond donors (Lipinski definition) is 0. The minimum atomic E-state index is -4.74. The molecule has 3 aromatic rings. The first-order valence-corrected chi connectivity index (χ1v) is 6.20. The molecular weight excluding hydrogens is 293 g/mol. The van der Waals surface area contributed by atoms with Gasteiger partial charge in [0, 0.05) is 6.20 Å². The molecule has 102 valence electrons. The van der Waals surface area contributed by atoms with Gasteiger partial charge in [-0.2, -0.15) is 23.3 Å². The number of hydrogen-bond acceptors (Lipinski definition) is 5. The third-order valence-corrected chi connectivity index (χ3v) is 3.40. The lowest BCUT2D eigenvalue weighted by Gasteiger charge is -2.10. The molecule has 3 rings (SSSR count). The zero-order valence-corrected chi connectivity index (χ0v) is 10.4. The Morgan fingerprint density at radius 2 is 2.15 bits per heavy atom. The van der Waals surface area contributed by atoms with E-state index in [9.17, 15) is 18.0 Å². The standard InChI is InChI=1S/C11H5F3N4OS/c12-11(13,14)9-6(8(19)7-2-1-3-20-7)4-18-10(17-9)15-5-16-18/h1-5H. The van der Waals surface area contributed by atoms with Gasteiger partial charge < -0.3 is 0 Å². The summed E-state index contributed by atoms with van der Waals surface area (Å²) in [5.74, 6) is -0.947. The van der Waals surface area contributed by atoms with Gasteiger partial charge in [0.2, 0.25) is 5.78 Å². The van der Waals surface area contributed by atoms with Crippen LogP contribution in [0.5, 0.6) is 0 Å². The molecule has 0 aromatic carbocycles. The Balaban J connectivity index is 2.24. The molecule has 0 aliphatic rings. The molecule has 3 aromatic heterocycles. The molecule has 0 spiro atoms. The van der Waals surface area contributed by atoms with E-state index < -0.39 is 23.2 Å². The Kier molecular flexibility index (Phi) is 2.78. The van der Waals surface area contributed by atoms with Crippen LogP contribution in [-0.4, -0.2) is 25.4 Å². The molecule has 3 heterocycles. The van der Waals surface area contributed by atoms with Gasteiger partial charge in [0.25, 0.3) is 5.78 Å². The van der Waals surface area contributed by atoms with Gasteiger partial charge in [0.05, 0.1) is 10.4 Å². The summed E-state index contributed by atoms with van der Waals surface area (Å²) in [5.41, 5.74) is -1.80. The summed E-state index contributed by atoms with van der Waals surface area (Å²) < 4.78 is 40.1. The van der Waals surface area contributed by atoms with E-state index in [0.29, 0.717) is 0 Å². The lowest BCUT2D eigenvalue weighted by molar-refractivity contribution is -0.141. The predicted octanol–water partition coefficient (Wildman–Crippen LogP) is 2.44. The Morgan fingerprint density at radius 3 is 2.80 bits per heavy atom. The fraction of sp³-hybridized carbons (Fsp3) is 0.0909. The van der Waals surface area contributed by atoms with Crippen LogP contribution in [0.25, 0.3) is 5.78 Å². The summed E-state index contributed by atoms with van der Waals surface area (Å²) in [4.78, 5) is 19.3. The monoisotopic (exact) mass is 298 g/mol. The second-order valence-electron chi connectivity index (χ2n) is 3.81. The highest BCUT2D eigenvalue weighted by molar-refractivity contribution is 7.12. The Hall–Kier alpha value is -2.29. The van der Waals surface area contributed by atoms with Crippen LogP contribution in [0.4, 0.5) is 13.2 Å². The van der Waals surface area contributed by atoms with Crippen molar-refractivity contribution in [3.8, 4) is 0 Å². The normalized spacial score (nSPS) is 11.9. The van der Waals surface area contributed by atoms with Crippen molar-refractivity contribution in [1.29, 1.82) is 0 Å². The molecule has 0 atom stereocenters. The van der Waals surface area contributed by atoms with Crippen molar-refractivity contribution >= 4 is 22.9 Å². The molecule has 9 heteroatoms. The number of halogens is 3. The smallest absolute Gasteiger partial charge is 0.288 e. The number of alkyl halides is 3. The highest BCUT2D eigenvalue weighted by atomic mass is 32.1. The van der Waals surface area contributed by atoms with E-state index in [1.54, 1.807) is 11.4 Å². The van der Waals surface area contributed by atoms with Gasteiger partial charge in [0.1, 0.15) is 6.33 Å². The van der Waals surface area contributed by atoms with E-state index in [0.717, 1.165) is 28.4 Å². The molecule has 0 saturated carbocycles. The van der Waals surface area contributed by atoms with Crippen LogP contribution in [0.3, 0.4) is 0 Å². The second-order valence-corrected chi connectivity index (χ2v) is 4.76. The summed E-state index contributed by atoms with van der Waals surface area (Å²) in [7, 11) is 0. The van der Waals surface area contributed by atoms with Crippen molar-refractivity contribution in [3.63, 3.8) is 0 Å². The molecule has 5 nitrogen and oxygen atoms in total. The third kappa shape index (κ3) is 2.05. The Labute approximate surface area is 113 Å². The van der Waals surface area contributed by atoms with E-state index in [1.165, 1.54) is 6.07 Å². The Morgan fingerprint density at radius 1 is 1.35 bits per heavy atom. The Bertz CT molecular complexity index is 779. The zero-order chi connectivity index (χ0) is 14.3. The van der Waals surface area contributed by atoms with E-state index in [4.69, 9.17) is 0 Å². The van der Waals surface area contributed by atoms with Crippen molar-refractivity contribution in [1.82, 2.24) is 19.6 Å². The van der Waals surface area contributed by atoms with Gasteiger partial charge in [-0.1, -0.05) is 6.07 Å². The molecule has 0 aliphatic carbocycles. The van der Waals surface area contributed by atoms with E-state index >= 15 is 0 Å². The zero-order valence-electron chi connectivity index (χ0n) is 9.63. The van der Waals surface area contributed by atoms with E-state index in [1.807, 2.05) is 0 Å². The molecule has 0 N–H and O–H groups in total. The average Bonchev–Trinajstić information content (AvgIpc) is 3.06. The molecule has 0 amide bonds. The predicted molar refractivity (Wildman–Crippen MR) is 63.5 cm³/mol.